The molecule has 2 unspecified atom stereocenters. The number of carbonyl (C=O) groups is 3. The van der Waals surface area contributed by atoms with Crippen molar-refractivity contribution in [3.63, 3.8) is 0 Å². The maximum atomic E-state index is 13.2. The lowest BCUT2D eigenvalue weighted by atomic mass is 10.0. The van der Waals surface area contributed by atoms with Gasteiger partial charge in [0, 0.05) is 31.7 Å². The number of carbonyl (C=O) groups excluding carboxylic acids is 3. The Labute approximate surface area is 226 Å². The van der Waals surface area contributed by atoms with Gasteiger partial charge in [0.05, 0.1) is 24.6 Å². The van der Waals surface area contributed by atoms with Crippen LogP contribution in [0.25, 0.3) is 0 Å². The summed E-state index contributed by atoms with van der Waals surface area (Å²) in [6.07, 6.45) is 8.58. The van der Waals surface area contributed by atoms with Gasteiger partial charge >= 0.3 is 0 Å². The molecule has 38 heavy (non-hydrogen) atoms. The van der Waals surface area contributed by atoms with E-state index in [0.29, 0.717) is 18.8 Å². The lowest BCUT2D eigenvalue weighted by molar-refractivity contribution is -0.141. The largest absolute Gasteiger partial charge is 0.343 e. The van der Waals surface area contributed by atoms with Crippen LogP contribution in [-0.2, 0) is 14.4 Å². The topological polar surface area (TPSA) is 109 Å². The monoisotopic (exact) mass is 520 g/mol. The zero-order valence-electron chi connectivity index (χ0n) is 23.4. The molecular formula is C29H40N6O3. The van der Waals surface area contributed by atoms with Crippen molar-refractivity contribution in [3.05, 3.63) is 41.1 Å². The molecule has 2 aliphatic heterocycles. The fourth-order valence-electron chi connectivity index (χ4n) is 4.23. The van der Waals surface area contributed by atoms with Crippen LogP contribution < -0.4 is 10.7 Å². The molecule has 4 rings (SSSR count). The van der Waals surface area contributed by atoms with Crippen LogP contribution in [0.4, 0.5) is 5.69 Å². The van der Waals surface area contributed by atoms with Crippen molar-refractivity contribution >= 4 is 23.4 Å². The number of hydrogen-bond donors (Lipinski definition) is 2. The Kier molecular flexibility index (Phi) is 11.4. The molecule has 3 amide bonds. The Bertz CT molecular complexity index is 1130. The Morgan fingerprint density at radius 3 is 2.55 bits per heavy atom. The van der Waals surface area contributed by atoms with E-state index in [4.69, 9.17) is 5.26 Å². The van der Waals surface area contributed by atoms with E-state index in [9.17, 15) is 14.4 Å². The van der Waals surface area contributed by atoms with Gasteiger partial charge in [0.1, 0.15) is 12.2 Å². The normalized spacial score (nSPS) is 19.4. The van der Waals surface area contributed by atoms with E-state index < -0.39 is 0 Å². The highest BCUT2D eigenvalue weighted by Gasteiger charge is 2.40. The molecule has 1 aliphatic carbocycles. The van der Waals surface area contributed by atoms with Crippen molar-refractivity contribution in [1.29, 1.82) is 5.26 Å². The molecule has 1 aromatic rings. The summed E-state index contributed by atoms with van der Waals surface area (Å²) >= 11 is 0. The number of hydrazine groups is 1. The highest BCUT2D eigenvalue weighted by Crippen LogP contribution is 2.36. The standard InChI is InChI=1S/C24H30N6O3.C3H4.C2H6/c1-15-5-8-18(19(11-15)26-23(32)17-6-7-17)20-12-21-24(33)29(13-16(2)30(21)27-20)14-22(31)28(3)10-4-9-25;1-3-2;1-2/h5,8,11-12,16-17,20,27H,4,6-7,10,13-14H2,1-3H3,(H,26,32);1H,2H3;1-2H3. The van der Waals surface area contributed by atoms with Gasteiger partial charge < -0.3 is 15.1 Å². The Morgan fingerprint density at radius 1 is 1.29 bits per heavy atom. The van der Waals surface area contributed by atoms with E-state index >= 15 is 0 Å². The summed E-state index contributed by atoms with van der Waals surface area (Å²) in [5.74, 6) is 1.99. The van der Waals surface area contributed by atoms with Gasteiger partial charge in [0.2, 0.25) is 11.8 Å². The average molecular weight is 521 g/mol. The Balaban J connectivity index is 0.000000947. The van der Waals surface area contributed by atoms with Gasteiger partial charge in [-0.3, -0.25) is 19.4 Å². The van der Waals surface area contributed by atoms with E-state index in [0.717, 1.165) is 29.7 Å². The van der Waals surface area contributed by atoms with E-state index in [1.807, 2.05) is 63.0 Å². The third-order valence-electron chi connectivity index (χ3n) is 6.35. The van der Waals surface area contributed by atoms with Gasteiger partial charge in [-0.15, -0.1) is 12.3 Å². The minimum atomic E-state index is -0.268. The first kappa shape index (κ1) is 30.4. The summed E-state index contributed by atoms with van der Waals surface area (Å²) in [4.78, 5) is 41.2. The molecule has 0 radical (unpaired) electrons. The second-order valence-corrected chi connectivity index (χ2v) is 9.43. The molecule has 2 heterocycles. The molecule has 1 saturated carbocycles. The number of rotatable bonds is 7. The SMILES string of the molecule is C#CC.CC.Cc1ccc(C2C=C3C(=O)N(CC(=O)N(C)CCC#N)CC(C)N3N2)c(NC(=O)C2CC2)c1. The molecular weight excluding hydrogens is 480 g/mol. The van der Waals surface area contributed by atoms with Crippen molar-refractivity contribution in [2.45, 2.75) is 66.0 Å². The zero-order chi connectivity index (χ0) is 28.4. The summed E-state index contributed by atoms with van der Waals surface area (Å²) in [5, 5.41) is 13.7. The maximum Gasteiger partial charge on any atom is 0.271 e. The minimum absolute atomic E-state index is 0.0197. The lowest BCUT2D eigenvalue weighted by Crippen LogP contribution is -2.57. The van der Waals surface area contributed by atoms with Gasteiger partial charge in [-0.05, 0) is 56.9 Å². The van der Waals surface area contributed by atoms with Gasteiger partial charge in [-0.1, -0.05) is 26.0 Å². The Hall–Kier alpha value is -3.82. The van der Waals surface area contributed by atoms with Crippen LogP contribution in [0.3, 0.4) is 0 Å². The lowest BCUT2D eigenvalue weighted by Gasteiger charge is -2.40. The number of hydrogen-bond acceptors (Lipinski definition) is 6. The molecule has 3 aliphatic rings. The van der Waals surface area contributed by atoms with Gasteiger partial charge in [0.15, 0.2) is 0 Å². The molecule has 2 atom stereocenters. The van der Waals surface area contributed by atoms with Crippen LogP contribution in [0.2, 0.25) is 0 Å². The molecule has 2 fully saturated rings. The molecule has 0 spiro atoms. The first-order valence-corrected chi connectivity index (χ1v) is 13.2. The quantitative estimate of drug-likeness (QED) is 0.534. The molecule has 1 aromatic carbocycles. The number of aryl methyl sites for hydroxylation is 1. The average Bonchev–Trinajstić information content (AvgIpc) is 3.66. The van der Waals surface area contributed by atoms with Crippen LogP contribution >= 0.6 is 0 Å². The predicted octanol–water partition coefficient (Wildman–Crippen LogP) is 3.36. The van der Waals surface area contributed by atoms with Crippen molar-refractivity contribution in [2.24, 2.45) is 5.92 Å². The number of anilines is 1. The van der Waals surface area contributed by atoms with Crippen LogP contribution in [0.1, 0.15) is 64.1 Å². The number of nitriles is 1. The van der Waals surface area contributed by atoms with Crippen molar-refractivity contribution in [1.82, 2.24) is 20.2 Å². The third kappa shape index (κ3) is 7.60. The smallest absolute Gasteiger partial charge is 0.271 e. The van der Waals surface area contributed by atoms with Gasteiger partial charge in [0.25, 0.3) is 5.91 Å². The van der Waals surface area contributed by atoms with E-state index in [1.54, 1.807) is 18.9 Å². The van der Waals surface area contributed by atoms with Gasteiger partial charge in [-0.2, -0.15) is 5.26 Å². The number of terminal acetylenes is 1. The van der Waals surface area contributed by atoms with Crippen LogP contribution in [0, 0.1) is 36.5 Å². The number of nitrogens with zero attached hydrogens (tertiary/aromatic N) is 4. The fourth-order valence-corrected chi connectivity index (χ4v) is 4.23. The van der Waals surface area contributed by atoms with Crippen LogP contribution in [0.15, 0.2) is 30.0 Å². The fraction of sp³-hybridized carbons (Fsp3) is 0.517. The number of likely N-dealkylation sites (N-methyl/N-ethyl adjacent to an activating group) is 1. The summed E-state index contributed by atoms with van der Waals surface area (Å²) in [5.41, 5.74) is 6.61. The van der Waals surface area contributed by atoms with E-state index in [2.05, 4.69) is 23.1 Å². The molecule has 2 N–H and O–H groups in total. The van der Waals surface area contributed by atoms with E-state index in [1.165, 1.54) is 4.90 Å². The maximum absolute atomic E-state index is 13.2. The number of fused-ring (bicyclic) bond motifs is 1. The first-order valence-electron chi connectivity index (χ1n) is 13.2. The third-order valence-corrected chi connectivity index (χ3v) is 6.35. The summed E-state index contributed by atoms with van der Waals surface area (Å²) in [7, 11) is 1.64. The zero-order valence-corrected chi connectivity index (χ0v) is 23.4. The summed E-state index contributed by atoms with van der Waals surface area (Å²) < 4.78 is 0. The second-order valence-electron chi connectivity index (χ2n) is 9.43. The summed E-state index contributed by atoms with van der Waals surface area (Å²) in [6.45, 7) is 10.4. The van der Waals surface area contributed by atoms with Crippen molar-refractivity contribution < 1.29 is 14.4 Å². The number of nitrogens with one attached hydrogen (secondary N) is 2. The number of amides is 3. The van der Waals surface area contributed by atoms with Crippen molar-refractivity contribution in [3.8, 4) is 18.4 Å². The van der Waals surface area contributed by atoms with Crippen LogP contribution in [-0.4, -0.2) is 65.3 Å². The Morgan fingerprint density at radius 2 is 1.95 bits per heavy atom. The molecule has 204 valence electrons. The summed E-state index contributed by atoms with van der Waals surface area (Å²) in [6, 6.07) is 7.65. The predicted molar refractivity (Wildman–Crippen MR) is 148 cm³/mol. The molecule has 0 aromatic heterocycles. The molecule has 9 heteroatoms. The van der Waals surface area contributed by atoms with Gasteiger partial charge in [-0.25, -0.2) is 5.43 Å². The van der Waals surface area contributed by atoms with Crippen LogP contribution in [0.5, 0.6) is 0 Å². The van der Waals surface area contributed by atoms with E-state index in [-0.39, 0.29) is 48.7 Å². The first-order chi connectivity index (χ1) is 18.2. The molecule has 1 saturated heterocycles. The molecule has 9 nitrogen and oxygen atoms in total. The minimum Gasteiger partial charge on any atom is -0.343 e. The molecule has 0 bridgehead atoms. The van der Waals surface area contributed by atoms with Crippen molar-refractivity contribution in [2.75, 3.05) is 32.0 Å². The number of piperazine rings is 1. The highest BCUT2D eigenvalue weighted by molar-refractivity contribution is 5.97. The second kappa shape index (κ2) is 14.2. The number of benzene rings is 1. The highest BCUT2D eigenvalue weighted by atomic mass is 16.2.